The number of carbonyl (C=O) groups is 1. The Morgan fingerprint density at radius 3 is 2.94 bits per heavy atom. The lowest BCUT2D eigenvalue weighted by Crippen LogP contribution is -2.36. The molecule has 1 aliphatic carbocycles. The van der Waals surface area contributed by atoms with Gasteiger partial charge in [-0.2, -0.15) is 5.10 Å². The van der Waals surface area contributed by atoms with Crippen molar-refractivity contribution >= 4 is 21.9 Å². The van der Waals surface area contributed by atoms with Crippen molar-refractivity contribution in [2.45, 2.75) is 31.1 Å². The van der Waals surface area contributed by atoms with Crippen molar-refractivity contribution in [1.82, 2.24) is 10.2 Å². The lowest BCUT2D eigenvalue weighted by atomic mass is 9.75. The largest absolute Gasteiger partial charge is 0.469 e. The van der Waals surface area contributed by atoms with Crippen LogP contribution in [0, 0.1) is 5.92 Å². The van der Waals surface area contributed by atoms with Crippen LogP contribution in [-0.4, -0.2) is 29.2 Å². The highest BCUT2D eigenvalue weighted by Gasteiger charge is 2.46. The molecule has 0 aromatic carbocycles. The van der Waals surface area contributed by atoms with Gasteiger partial charge in [-0.05, 0) is 22.4 Å². The number of hydrogen-bond acceptors (Lipinski definition) is 3. The van der Waals surface area contributed by atoms with Crippen LogP contribution in [0.2, 0.25) is 0 Å². The number of methoxy groups -OCH3 is 1. The lowest BCUT2D eigenvalue weighted by molar-refractivity contribution is -0.151. The molecule has 18 heavy (non-hydrogen) atoms. The number of alkyl halides is 2. The van der Waals surface area contributed by atoms with Gasteiger partial charge in [0.15, 0.2) is 0 Å². The fourth-order valence-electron chi connectivity index (χ4n) is 2.40. The zero-order chi connectivity index (χ0) is 13.3. The van der Waals surface area contributed by atoms with E-state index in [1.54, 1.807) is 6.20 Å². The van der Waals surface area contributed by atoms with Crippen LogP contribution in [0.5, 0.6) is 0 Å². The second-order valence-corrected chi connectivity index (χ2v) is 5.31. The van der Waals surface area contributed by atoms with Crippen molar-refractivity contribution in [2.24, 2.45) is 5.92 Å². The second kappa shape index (κ2) is 4.95. The quantitative estimate of drug-likeness (QED) is 0.852. The molecule has 1 aromatic heterocycles. The number of hydrogen-bond donors (Lipinski definition) is 1. The monoisotopic (exact) mass is 322 g/mol. The van der Waals surface area contributed by atoms with E-state index in [4.69, 9.17) is 0 Å². The first kappa shape index (κ1) is 13.5. The van der Waals surface area contributed by atoms with E-state index in [0.29, 0.717) is 10.2 Å². The maximum absolute atomic E-state index is 13.5. The number of aromatic nitrogens is 2. The number of rotatable bonds is 2. The summed E-state index contributed by atoms with van der Waals surface area (Å²) in [4.78, 5) is 11.7. The summed E-state index contributed by atoms with van der Waals surface area (Å²) in [7, 11) is 1.27. The number of ether oxygens (including phenoxy) is 1. The average Bonchev–Trinajstić information content (AvgIpc) is 2.73. The van der Waals surface area contributed by atoms with Gasteiger partial charge >= 0.3 is 5.97 Å². The number of halogens is 3. The first-order chi connectivity index (χ1) is 8.44. The smallest absolute Gasteiger partial charge is 0.309 e. The molecular formula is C11H13BrF2N2O2. The highest BCUT2D eigenvalue weighted by molar-refractivity contribution is 9.10. The molecule has 0 radical (unpaired) electrons. The molecule has 100 valence electrons. The van der Waals surface area contributed by atoms with E-state index < -0.39 is 23.7 Å². The van der Waals surface area contributed by atoms with E-state index in [9.17, 15) is 13.6 Å². The maximum Gasteiger partial charge on any atom is 0.309 e. The minimum absolute atomic E-state index is 0.115. The van der Waals surface area contributed by atoms with Crippen LogP contribution >= 0.6 is 15.9 Å². The summed E-state index contributed by atoms with van der Waals surface area (Å²) < 4.78 is 32.3. The second-order valence-electron chi connectivity index (χ2n) is 4.45. The first-order valence-corrected chi connectivity index (χ1v) is 6.39. The summed E-state index contributed by atoms with van der Waals surface area (Å²) in [6.45, 7) is 0. The summed E-state index contributed by atoms with van der Waals surface area (Å²) in [5.41, 5.74) is 0.463. The lowest BCUT2D eigenvalue weighted by Gasteiger charge is -2.33. The Hall–Kier alpha value is -0.980. The Bertz CT molecular complexity index is 450. The predicted molar refractivity (Wildman–Crippen MR) is 63.3 cm³/mol. The number of nitrogens with one attached hydrogen (secondary N) is 1. The number of esters is 1. The molecule has 4 nitrogen and oxygen atoms in total. The van der Waals surface area contributed by atoms with Crippen molar-refractivity contribution in [2.75, 3.05) is 7.11 Å². The third-order valence-electron chi connectivity index (χ3n) is 3.30. The van der Waals surface area contributed by atoms with Crippen LogP contribution < -0.4 is 0 Å². The van der Waals surface area contributed by atoms with Crippen LogP contribution in [0.15, 0.2) is 10.7 Å². The number of carbonyl (C=O) groups excluding carboxylic acids is 1. The minimum atomic E-state index is -2.76. The Morgan fingerprint density at radius 2 is 2.39 bits per heavy atom. The standard InChI is InChI=1S/C11H13BrF2N2O2/c1-18-10(17)6-2-3-11(13,14)4-7(6)9-8(12)5-15-16-9/h5-7H,2-4H2,1H3,(H,15,16)/t6-,7-/m1/s1. The Balaban J connectivity index is 2.31. The molecule has 1 N–H and O–H groups in total. The summed E-state index contributed by atoms with van der Waals surface area (Å²) >= 11 is 3.25. The van der Waals surface area contributed by atoms with Crippen molar-refractivity contribution in [3.8, 4) is 0 Å². The molecule has 2 atom stereocenters. The van der Waals surface area contributed by atoms with E-state index in [1.807, 2.05) is 0 Å². The van der Waals surface area contributed by atoms with Gasteiger partial charge in [-0.1, -0.05) is 0 Å². The van der Waals surface area contributed by atoms with Crippen LogP contribution in [0.1, 0.15) is 30.9 Å². The maximum atomic E-state index is 13.5. The molecule has 0 aliphatic heterocycles. The van der Waals surface area contributed by atoms with E-state index in [2.05, 4.69) is 30.9 Å². The summed E-state index contributed by atoms with van der Waals surface area (Å²) in [6.07, 6.45) is 1.02. The van der Waals surface area contributed by atoms with E-state index in [0.717, 1.165) is 0 Å². The zero-order valence-corrected chi connectivity index (χ0v) is 11.3. The van der Waals surface area contributed by atoms with Crippen LogP contribution in [0.25, 0.3) is 0 Å². The SMILES string of the molecule is COC(=O)[C@@H]1CCC(F)(F)C[C@H]1c1n[nH]cc1Br. The number of nitrogens with zero attached hydrogens (tertiary/aromatic N) is 1. The van der Waals surface area contributed by atoms with E-state index >= 15 is 0 Å². The fraction of sp³-hybridized carbons (Fsp3) is 0.636. The topological polar surface area (TPSA) is 55.0 Å². The third-order valence-corrected chi connectivity index (χ3v) is 3.94. The molecule has 7 heteroatoms. The van der Waals surface area contributed by atoms with Crippen molar-refractivity contribution in [3.05, 3.63) is 16.4 Å². The predicted octanol–water partition coefficient (Wildman–Crippen LogP) is 2.86. The molecule has 1 fully saturated rings. The molecule has 1 aliphatic rings. The highest BCUT2D eigenvalue weighted by Crippen LogP contribution is 2.46. The molecule has 1 aromatic rings. The molecule has 2 rings (SSSR count). The van der Waals surface area contributed by atoms with Gasteiger partial charge in [-0.3, -0.25) is 9.89 Å². The van der Waals surface area contributed by atoms with Crippen molar-refractivity contribution < 1.29 is 18.3 Å². The van der Waals surface area contributed by atoms with E-state index in [1.165, 1.54) is 7.11 Å². The van der Waals surface area contributed by atoms with E-state index in [-0.39, 0.29) is 19.3 Å². The van der Waals surface area contributed by atoms with Crippen LogP contribution in [0.4, 0.5) is 8.78 Å². The molecule has 0 saturated heterocycles. The molecule has 1 saturated carbocycles. The van der Waals surface area contributed by atoms with Gasteiger partial charge < -0.3 is 4.74 Å². The van der Waals surface area contributed by atoms with Gasteiger partial charge in [-0.25, -0.2) is 8.78 Å². The summed E-state index contributed by atoms with van der Waals surface area (Å²) in [5, 5.41) is 6.57. The highest BCUT2D eigenvalue weighted by atomic mass is 79.9. The van der Waals surface area contributed by atoms with Gasteiger partial charge in [0.25, 0.3) is 0 Å². The zero-order valence-electron chi connectivity index (χ0n) is 9.75. The minimum Gasteiger partial charge on any atom is -0.469 e. The van der Waals surface area contributed by atoms with Gasteiger partial charge in [0.1, 0.15) is 0 Å². The Kier molecular flexibility index (Phi) is 3.70. The van der Waals surface area contributed by atoms with Crippen LogP contribution in [-0.2, 0) is 9.53 Å². The number of H-pyrrole nitrogens is 1. The third kappa shape index (κ3) is 2.55. The molecule has 1 heterocycles. The van der Waals surface area contributed by atoms with Gasteiger partial charge in [0.2, 0.25) is 5.92 Å². The van der Waals surface area contributed by atoms with Gasteiger partial charge in [0, 0.05) is 25.0 Å². The van der Waals surface area contributed by atoms with Crippen molar-refractivity contribution in [1.29, 1.82) is 0 Å². The summed E-state index contributed by atoms with van der Waals surface area (Å²) in [6, 6.07) is 0. The van der Waals surface area contributed by atoms with Crippen molar-refractivity contribution in [3.63, 3.8) is 0 Å². The molecular weight excluding hydrogens is 310 g/mol. The molecule has 0 amide bonds. The normalized spacial score (nSPS) is 26.9. The van der Waals surface area contributed by atoms with Gasteiger partial charge in [0.05, 0.1) is 23.2 Å². The van der Waals surface area contributed by atoms with Gasteiger partial charge in [-0.15, -0.1) is 0 Å². The summed E-state index contributed by atoms with van der Waals surface area (Å²) in [5.74, 6) is -4.39. The fourth-order valence-corrected chi connectivity index (χ4v) is 2.89. The molecule has 0 unspecified atom stereocenters. The van der Waals surface area contributed by atoms with Crippen LogP contribution in [0.3, 0.4) is 0 Å². The Labute approximate surface area is 111 Å². The number of aromatic amines is 1. The average molecular weight is 323 g/mol. The molecule has 0 spiro atoms. The first-order valence-electron chi connectivity index (χ1n) is 5.59. The Morgan fingerprint density at radius 1 is 1.67 bits per heavy atom. The molecule has 0 bridgehead atoms.